The Morgan fingerprint density at radius 1 is 1.23 bits per heavy atom. The van der Waals surface area contributed by atoms with Gasteiger partial charge in [-0.2, -0.15) is 5.26 Å². The molecule has 0 bridgehead atoms. The number of likely N-dealkylation sites (tertiary alicyclic amines) is 2. The topological polar surface area (TPSA) is 101 Å². The van der Waals surface area contributed by atoms with Gasteiger partial charge in [0, 0.05) is 23.2 Å². The number of nitrogens with zero attached hydrogens (tertiary/aromatic N) is 4. The lowest BCUT2D eigenvalue weighted by atomic mass is 10.1. The van der Waals surface area contributed by atoms with Crippen LogP contribution in [0.25, 0.3) is 0 Å². The number of nitriles is 1. The van der Waals surface area contributed by atoms with Crippen LogP contribution in [-0.2, 0) is 16.1 Å². The van der Waals surface area contributed by atoms with Crippen LogP contribution in [0.15, 0.2) is 29.3 Å². The van der Waals surface area contributed by atoms with Crippen molar-refractivity contribution in [1.82, 2.24) is 20.4 Å². The first-order valence-electron chi connectivity index (χ1n) is 10.3. The highest BCUT2D eigenvalue weighted by molar-refractivity contribution is 14.1. The van der Waals surface area contributed by atoms with Crippen LogP contribution in [-0.4, -0.2) is 59.8 Å². The summed E-state index contributed by atoms with van der Waals surface area (Å²) in [5.41, 5.74) is 1.02. The van der Waals surface area contributed by atoms with Crippen LogP contribution in [0, 0.1) is 15.0 Å². The minimum absolute atomic E-state index is 0.0178. The fraction of sp³-hybridized carbons (Fsp3) is 0.524. The van der Waals surface area contributed by atoms with Crippen molar-refractivity contribution in [3.63, 3.8) is 0 Å². The van der Waals surface area contributed by atoms with Crippen molar-refractivity contribution in [1.29, 1.82) is 5.26 Å². The Morgan fingerprint density at radius 3 is 2.73 bits per heavy atom. The lowest BCUT2D eigenvalue weighted by Gasteiger charge is -2.27. The molecule has 0 saturated carbocycles. The molecule has 0 unspecified atom stereocenters. The number of hydrogen-bond donors (Lipinski definition) is 2. The number of halogens is 1. The van der Waals surface area contributed by atoms with Crippen molar-refractivity contribution in [3.05, 3.63) is 33.4 Å². The highest BCUT2D eigenvalue weighted by Crippen LogP contribution is 2.15. The molecular formula is C21H27IN6O2. The number of guanidine groups is 1. The van der Waals surface area contributed by atoms with E-state index in [1.807, 2.05) is 35.4 Å². The molecular weight excluding hydrogens is 495 g/mol. The number of carbonyl (C=O) groups is 2. The number of nitrogens with one attached hydrogen (secondary N) is 2. The molecule has 2 aliphatic rings. The molecule has 0 radical (unpaired) electrons. The maximum atomic E-state index is 13.1. The number of hydrogen-bond acceptors (Lipinski definition) is 4. The molecule has 160 valence electrons. The van der Waals surface area contributed by atoms with E-state index in [0.29, 0.717) is 19.5 Å². The summed E-state index contributed by atoms with van der Waals surface area (Å²) in [5, 5.41) is 14.7. The summed E-state index contributed by atoms with van der Waals surface area (Å²) in [6, 6.07) is 7.45. The number of benzene rings is 1. The summed E-state index contributed by atoms with van der Waals surface area (Å²) in [5.74, 6) is 0.188. The third-order valence-electron chi connectivity index (χ3n) is 5.36. The summed E-state index contributed by atoms with van der Waals surface area (Å²) in [4.78, 5) is 33.5. The Morgan fingerprint density at radius 2 is 2.00 bits per heavy atom. The van der Waals surface area contributed by atoms with Crippen LogP contribution in [0.1, 0.15) is 37.7 Å². The van der Waals surface area contributed by atoms with E-state index in [2.05, 4.69) is 38.2 Å². The molecule has 0 aliphatic carbocycles. The monoisotopic (exact) mass is 522 g/mol. The molecule has 2 fully saturated rings. The van der Waals surface area contributed by atoms with Crippen LogP contribution in [0.5, 0.6) is 0 Å². The molecule has 1 atom stereocenters. The Kier molecular flexibility index (Phi) is 8.30. The Labute approximate surface area is 190 Å². The van der Waals surface area contributed by atoms with Gasteiger partial charge in [-0.15, -0.1) is 0 Å². The number of aliphatic imine (C=N–C) groups is 1. The van der Waals surface area contributed by atoms with Crippen molar-refractivity contribution in [2.24, 2.45) is 4.99 Å². The molecule has 2 saturated heterocycles. The maximum absolute atomic E-state index is 13.1. The van der Waals surface area contributed by atoms with Gasteiger partial charge in [0.2, 0.25) is 17.8 Å². The van der Waals surface area contributed by atoms with Crippen LogP contribution in [0.2, 0.25) is 0 Å². The largest absolute Gasteiger partial charge is 0.344 e. The van der Waals surface area contributed by atoms with Crippen molar-refractivity contribution in [2.75, 3.05) is 26.2 Å². The van der Waals surface area contributed by atoms with E-state index in [9.17, 15) is 9.59 Å². The molecule has 3 rings (SSSR count). The Balaban J connectivity index is 1.65. The van der Waals surface area contributed by atoms with Gasteiger partial charge in [0.25, 0.3) is 0 Å². The first-order valence-corrected chi connectivity index (χ1v) is 11.4. The van der Waals surface area contributed by atoms with Gasteiger partial charge >= 0.3 is 0 Å². The third kappa shape index (κ3) is 6.32. The first kappa shape index (κ1) is 22.3. The first-order chi connectivity index (χ1) is 14.6. The molecule has 2 heterocycles. The average Bonchev–Trinajstić information content (AvgIpc) is 3.22. The molecule has 9 heteroatoms. The van der Waals surface area contributed by atoms with Gasteiger partial charge in [0.1, 0.15) is 6.04 Å². The molecule has 2 N–H and O–H groups in total. The molecule has 2 aliphatic heterocycles. The number of rotatable bonds is 5. The average molecular weight is 522 g/mol. The summed E-state index contributed by atoms with van der Waals surface area (Å²) in [7, 11) is 0. The standard InChI is InChI=1S/C21H27IN6O2/c22-17-7-5-6-16(12-17)13-24-21(25-15-23)26-18-8-1-2-11-28(20(18)30)14-19(29)27-9-3-4-10-27/h5-7,12,18H,1-4,8-11,13-14H2,(H2,24,25,26)/t18-/m0/s1. The molecule has 0 spiro atoms. The number of amides is 2. The van der Waals surface area contributed by atoms with Gasteiger partial charge in [0.05, 0.1) is 13.1 Å². The van der Waals surface area contributed by atoms with Gasteiger partial charge < -0.3 is 15.1 Å². The van der Waals surface area contributed by atoms with Crippen LogP contribution >= 0.6 is 22.6 Å². The van der Waals surface area contributed by atoms with Gasteiger partial charge in [-0.25, -0.2) is 4.99 Å². The zero-order valence-corrected chi connectivity index (χ0v) is 19.1. The van der Waals surface area contributed by atoms with Gasteiger partial charge in [-0.3, -0.25) is 14.9 Å². The lowest BCUT2D eigenvalue weighted by Crippen LogP contribution is -2.52. The lowest BCUT2D eigenvalue weighted by molar-refractivity contribution is -0.140. The number of carbonyl (C=O) groups excluding carboxylic acids is 2. The van der Waals surface area contributed by atoms with E-state index in [4.69, 9.17) is 5.26 Å². The molecule has 2 amide bonds. The highest BCUT2D eigenvalue weighted by atomic mass is 127. The zero-order valence-electron chi connectivity index (χ0n) is 16.9. The van der Waals surface area contributed by atoms with Gasteiger partial charge in [0.15, 0.2) is 6.19 Å². The second-order valence-electron chi connectivity index (χ2n) is 7.57. The van der Waals surface area contributed by atoms with Gasteiger partial charge in [-0.05, 0) is 72.4 Å². The predicted molar refractivity (Wildman–Crippen MR) is 122 cm³/mol. The highest BCUT2D eigenvalue weighted by Gasteiger charge is 2.30. The summed E-state index contributed by atoms with van der Waals surface area (Å²) in [6.07, 6.45) is 6.32. The fourth-order valence-electron chi connectivity index (χ4n) is 3.77. The SMILES string of the molecule is N#CNC(=NCc1cccc(I)c1)N[C@H]1CCCCN(CC(=O)N2CCCC2)C1=O. The van der Waals surface area contributed by atoms with Crippen LogP contribution in [0.4, 0.5) is 0 Å². The molecule has 1 aromatic rings. The molecule has 0 aromatic heterocycles. The second kappa shape index (κ2) is 11.2. The fourth-order valence-corrected chi connectivity index (χ4v) is 4.38. The van der Waals surface area contributed by atoms with Crippen LogP contribution < -0.4 is 10.6 Å². The van der Waals surface area contributed by atoms with Gasteiger partial charge in [-0.1, -0.05) is 12.1 Å². The third-order valence-corrected chi connectivity index (χ3v) is 6.03. The van der Waals surface area contributed by atoms with Crippen molar-refractivity contribution in [2.45, 2.75) is 44.7 Å². The molecule has 8 nitrogen and oxygen atoms in total. The molecule has 1 aromatic carbocycles. The zero-order chi connectivity index (χ0) is 21.3. The smallest absolute Gasteiger partial charge is 0.245 e. The minimum Gasteiger partial charge on any atom is -0.344 e. The summed E-state index contributed by atoms with van der Waals surface area (Å²) in [6.45, 7) is 2.66. The van der Waals surface area contributed by atoms with Crippen molar-refractivity contribution in [3.8, 4) is 6.19 Å². The van der Waals surface area contributed by atoms with E-state index >= 15 is 0 Å². The van der Waals surface area contributed by atoms with E-state index in [0.717, 1.165) is 47.9 Å². The van der Waals surface area contributed by atoms with Crippen molar-refractivity contribution >= 4 is 40.4 Å². The van der Waals surface area contributed by atoms with E-state index < -0.39 is 6.04 Å². The maximum Gasteiger partial charge on any atom is 0.245 e. The second-order valence-corrected chi connectivity index (χ2v) is 8.82. The molecule has 30 heavy (non-hydrogen) atoms. The van der Waals surface area contributed by atoms with Crippen molar-refractivity contribution < 1.29 is 9.59 Å². The summed E-state index contributed by atoms with van der Waals surface area (Å²) < 4.78 is 1.11. The Bertz CT molecular complexity index is 831. The van der Waals surface area contributed by atoms with E-state index in [1.54, 1.807) is 4.90 Å². The summed E-state index contributed by atoms with van der Waals surface area (Å²) >= 11 is 2.24. The predicted octanol–water partition coefficient (Wildman–Crippen LogP) is 1.81. The minimum atomic E-state index is -0.505. The van der Waals surface area contributed by atoms with E-state index in [-0.39, 0.29) is 24.3 Å². The quantitative estimate of drug-likeness (QED) is 0.202. The normalized spacial score (nSPS) is 19.9. The van der Waals surface area contributed by atoms with E-state index in [1.165, 1.54) is 0 Å². The van der Waals surface area contributed by atoms with Crippen LogP contribution in [0.3, 0.4) is 0 Å². The Hall–Kier alpha value is -2.35.